The molecule has 1 saturated heterocycles. The van der Waals surface area contributed by atoms with Crippen molar-refractivity contribution in [2.75, 3.05) is 31.7 Å². The minimum absolute atomic E-state index is 0. The normalized spacial score (nSPS) is 22.2. The van der Waals surface area contributed by atoms with E-state index in [-0.39, 0.29) is 30.1 Å². The summed E-state index contributed by atoms with van der Waals surface area (Å²) in [5.74, 6) is 4.06. The van der Waals surface area contributed by atoms with Crippen LogP contribution in [0.2, 0.25) is 0 Å². The Hall–Kier alpha value is -0.870. The Morgan fingerprint density at radius 1 is 1.31 bits per heavy atom. The number of halogens is 1. The van der Waals surface area contributed by atoms with E-state index in [4.69, 9.17) is 14.5 Å². The summed E-state index contributed by atoms with van der Waals surface area (Å²) in [5.41, 5.74) is 0.367. The molecule has 164 valence electrons. The SMILES string of the molecule is CCNC(=NCc1cccc(OC)c1OC1CCCC1)NCC1(O)CCSC1.I. The fourth-order valence-electron chi connectivity index (χ4n) is 3.64. The van der Waals surface area contributed by atoms with Crippen molar-refractivity contribution in [1.82, 2.24) is 10.6 Å². The van der Waals surface area contributed by atoms with Crippen molar-refractivity contribution in [3.05, 3.63) is 23.8 Å². The van der Waals surface area contributed by atoms with Gasteiger partial charge in [-0.15, -0.1) is 24.0 Å². The molecule has 1 aliphatic carbocycles. The number of methoxy groups -OCH3 is 1. The molecule has 0 amide bonds. The number of thioether (sulfide) groups is 1. The van der Waals surface area contributed by atoms with Gasteiger partial charge in [0, 0.05) is 24.4 Å². The Morgan fingerprint density at radius 2 is 2.10 bits per heavy atom. The van der Waals surface area contributed by atoms with Crippen LogP contribution >= 0.6 is 35.7 Å². The average molecular weight is 535 g/mol. The van der Waals surface area contributed by atoms with Gasteiger partial charge in [-0.25, -0.2) is 4.99 Å². The van der Waals surface area contributed by atoms with Gasteiger partial charge in [0.25, 0.3) is 0 Å². The Morgan fingerprint density at radius 3 is 2.76 bits per heavy atom. The van der Waals surface area contributed by atoms with Crippen molar-refractivity contribution in [3.8, 4) is 11.5 Å². The van der Waals surface area contributed by atoms with Crippen molar-refractivity contribution >= 4 is 41.7 Å². The summed E-state index contributed by atoms with van der Waals surface area (Å²) in [5, 5.41) is 17.1. The van der Waals surface area contributed by atoms with Crippen molar-refractivity contribution in [2.45, 2.75) is 57.3 Å². The number of para-hydroxylation sites is 1. The van der Waals surface area contributed by atoms with Gasteiger partial charge in [-0.1, -0.05) is 12.1 Å². The van der Waals surface area contributed by atoms with Crippen molar-refractivity contribution in [2.24, 2.45) is 4.99 Å². The van der Waals surface area contributed by atoms with Crippen LogP contribution in [0.15, 0.2) is 23.2 Å². The van der Waals surface area contributed by atoms with E-state index in [1.165, 1.54) is 12.8 Å². The fraction of sp³-hybridized carbons (Fsp3) is 0.667. The third-order valence-corrected chi connectivity index (χ3v) is 6.52. The van der Waals surface area contributed by atoms with Gasteiger partial charge < -0.3 is 25.2 Å². The third kappa shape index (κ3) is 7.10. The van der Waals surface area contributed by atoms with E-state index in [9.17, 15) is 5.11 Å². The van der Waals surface area contributed by atoms with Crippen molar-refractivity contribution in [1.29, 1.82) is 0 Å². The van der Waals surface area contributed by atoms with Crippen LogP contribution in [0.25, 0.3) is 0 Å². The molecule has 1 unspecified atom stereocenters. The highest BCUT2D eigenvalue weighted by atomic mass is 127. The number of nitrogens with zero attached hydrogens (tertiary/aromatic N) is 1. The summed E-state index contributed by atoms with van der Waals surface area (Å²) in [6.07, 6.45) is 5.73. The largest absolute Gasteiger partial charge is 0.493 e. The summed E-state index contributed by atoms with van der Waals surface area (Å²) < 4.78 is 11.8. The van der Waals surface area contributed by atoms with E-state index in [0.29, 0.717) is 19.0 Å². The summed E-state index contributed by atoms with van der Waals surface area (Å²) in [4.78, 5) is 4.73. The maximum Gasteiger partial charge on any atom is 0.191 e. The highest BCUT2D eigenvalue weighted by Gasteiger charge is 2.31. The second kappa shape index (κ2) is 12.1. The molecule has 1 aliphatic heterocycles. The second-order valence-corrected chi connectivity index (χ2v) is 8.65. The van der Waals surface area contributed by atoms with E-state index in [0.717, 1.165) is 54.4 Å². The molecule has 1 aromatic carbocycles. The van der Waals surface area contributed by atoms with Crippen LogP contribution in [0.3, 0.4) is 0 Å². The van der Waals surface area contributed by atoms with Crippen molar-refractivity contribution < 1.29 is 14.6 Å². The molecule has 0 radical (unpaired) electrons. The molecule has 8 heteroatoms. The van der Waals surface area contributed by atoms with Crippen LogP contribution in [-0.4, -0.2) is 54.5 Å². The second-order valence-electron chi connectivity index (χ2n) is 7.55. The topological polar surface area (TPSA) is 75.1 Å². The first-order valence-corrected chi connectivity index (χ1v) is 11.4. The van der Waals surface area contributed by atoms with Gasteiger partial charge in [0.15, 0.2) is 17.5 Å². The molecule has 29 heavy (non-hydrogen) atoms. The molecule has 1 atom stereocenters. The Labute approximate surface area is 195 Å². The highest BCUT2D eigenvalue weighted by molar-refractivity contribution is 14.0. The predicted octanol–water partition coefficient (Wildman–Crippen LogP) is 3.56. The Balaban J connectivity index is 0.00000300. The average Bonchev–Trinajstić information content (AvgIpc) is 3.37. The first kappa shape index (κ1) is 24.4. The highest BCUT2D eigenvalue weighted by Crippen LogP contribution is 2.35. The van der Waals surface area contributed by atoms with E-state index in [1.807, 2.05) is 25.1 Å². The Bertz CT molecular complexity index is 663. The van der Waals surface area contributed by atoms with E-state index in [2.05, 4.69) is 10.6 Å². The number of benzene rings is 1. The first-order valence-electron chi connectivity index (χ1n) is 10.3. The van der Waals surface area contributed by atoms with Gasteiger partial charge in [0.1, 0.15) is 0 Å². The maximum absolute atomic E-state index is 10.6. The molecule has 1 aromatic rings. The van der Waals surface area contributed by atoms with Crippen LogP contribution in [0.1, 0.15) is 44.6 Å². The van der Waals surface area contributed by atoms with Crippen LogP contribution < -0.4 is 20.1 Å². The van der Waals surface area contributed by atoms with Gasteiger partial charge >= 0.3 is 0 Å². The molecule has 0 spiro atoms. The monoisotopic (exact) mass is 535 g/mol. The minimum Gasteiger partial charge on any atom is -0.493 e. The molecular weight excluding hydrogens is 501 g/mol. The summed E-state index contributed by atoms with van der Waals surface area (Å²) in [6, 6.07) is 5.96. The number of rotatable bonds is 8. The lowest BCUT2D eigenvalue weighted by Crippen LogP contribution is -2.47. The number of aliphatic imine (C=N–C) groups is 1. The maximum atomic E-state index is 10.6. The van der Waals surface area contributed by atoms with Gasteiger partial charge in [-0.2, -0.15) is 11.8 Å². The van der Waals surface area contributed by atoms with E-state index >= 15 is 0 Å². The number of hydrogen-bond acceptors (Lipinski definition) is 5. The quantitative estimate of drug-likeness (QED) is 0.269. The van der Waals surface area contributed by atoms with E-state index in [1.54, 1.807) is 18.9 Å². The lowest BCUT2D eigenvalue weighted by molar-refractivity contribution is 0.0724. The van der Waals surface area contributed by atoms with Gasteiger partial charge in [0.2, 0.25) is 0 Å². The van der Waals surface area contributed by atoms with Crippen LogP contribution in [0.4, 0.5) is 0 Å². The molecule has 1 saturated carbocycles. The molecule has 1 heterocycles. The standard InChI is InChI=1S/C21H33N3O3S.HI/c1-3-22-20(24-14-21(25)11-12-28-15-21)23-13-16-7-6-10-18(26-2)19(16)27-17-8-4-5-9-17;/h6-7,10,17,25H,3-5,8-9,11-15H2,1-2H3,(H2,22,23,24);1H. The Kier molecular flexibility index (Phi) is 10.2. The van der Waals surface area contributed by atoms with Gasteiger partial charge in [-0.05, 0) is 50.8 Å². The number of hydrogen-bond donors (Lipinski definition) is 3. The molecule has 0 aromatic heterocycles. The van der Waals surface area contributed by atoms with Gasteiger partial charge in [-0.3, -0.25) is 0 Å². The van der Waals surface area contributed by atoms with Crippen LogP contribution in [0, 0.1) is 0 Å². The molecule has 3 N–H and O–H groups in total. The molecule has 2 aliphatic rings. The van der Waals surface area contributed by atoms with Gasteiger partial charge in [0.05, 0.1) is 25.4 Å². The number of nitrogens with one attached hydrogen (secondary N) is 2. The number of guanidine groups is 1. The van der Waals surface area contributed by atoms with Crippen molar-refractivity contribution in [3.63, 3.8) is 0 Å². The lowest BCUT2D eigenvalue weighted by atomic mass is 10.0. The zero-order valence-corrected chi connectivity index (χ0v) is 20.6. The summed E-state index contributed by atoms with van der Waals surface area (Å²) >= 11 is 1.80. The molecule has 6 nitrogen and oxygen atoms in total. The smallest absolute Gasteiger partial charge is 0.191 e. The molecule has 3 rings (SSSR count). The third-order valence-electron chi connectivity index (χ3n) is 5.29. The fourth-order valence-corrected chi connectivity index (χ4v) is 4.94. The number of ether oxygens (including phenoxy) is 2. The number of aliphatic hydroxyl groups is 1. The van der Waals surface area contributed by atoms with E-state index < -0.39 is 5.60 Å². The lowest BCUT2D eigenvalue weighted by Gasteiger charge is -2.23. The molecular formula is C21H34IN3O3S. The zero-order chi connectivity index (χ0) is 19.8. The minimum atomic E-state index is -0.645. The zero-order valence-electron chi connectivity index (χ0n) is 17.4. The first-order chi connectivity index (χ1) is 13.6. The summed E-state index contributed by atoms with van der Waals surface area (Å²) in [6.45, 7) is 3.80. The molecule has 2 fully saturated rings. The van der Waals surface area contributed by atoms with Crippen LogP contribution in [-0.2, 0) is 6.54 Å². The molecule has 0 bridgehead atoms. The summed E-state index contributed by atoms with van der Waals surface area (Å²) in [7, 11) is 1.68. The van der Waals surface area contributed by atoms with Crippen LogP contribution in [0.5, 0.6) is 11.5 Å². The predicted molar refractivity (Wildman–Crippen MR) is 131 cm³/mol.